The Morgan fingerprint density at radius 2 is 1.83 bits per heavy atom. The summed E-state index contributed by atoms with van der Waals surface area (Å²) in [6.07, 6.45) is 4.43. The molecule has 0 bridgehead atoms. The first-order chi connectivity index (χ1) is 19.7. The Hall–Kier alpha value is -3.07. The lowest BCUT2D eigenvalue weighted by molar-refractivity contribution is -0.160. The smallest absolute Gasteiger partial charge is 0.337 e. The van der Waals surface area contributed by atoms with Crippen molar-refractivity contribution in [3.05, 3.63) is 64.0 Å². The number of benzene rings is 1. The van der Waals surface area contributed by atoms with Crippen LogP contribution in [0.2, 0.25) is 10.0 Å². The highest BCUT2D eigenvalue weighted by Crippen LogP contribution is 2.43. The molecule has 226 valence electrons. The Bertz CT molecular complexity index is 1400. The second-order valence-electron chi connectivity index (χ2n) is 12.4. The number of piperidine rings is 1. The zero-order chi connectivity index (χ0) is 30.7. The fraction of sp³-hybridized carbons (Fsp3) is 0.469. The molecule has 3 heterocycles. The van der Waals surface area contributed by atoms with E-state index in [9.17, 15) is 9.90 Å². The van der Waals surface area contributed by atoms with Crippen LogP contribution in [0.15, 0.2) is 42.7 Å². The third-order valence-corrected chi connectivity index (χ3v) is 7.84. The standard InChI is InChI=1S/C32H40Cl2N4O4/c1-20-27(29(30(39)40)42-31(2,3)4)28(38-14-11-32(5,6)12-15-38)23(19-36-20)21-7-10-26(37-18-21)35-13-16-41-25-9-8-22(33)17-24(25)34/h7-10,17-19,29H,11-16H2,1-6H3,(H,35,37)(H,39,40)/t29-/m0/s1. The minimum atomic E-state index is -1.16. The molecule has 1 aliphatic heterocycles. The molecule has 1 atom stereocenters. The van der Waals surface area contributed by atoms with Gasteiger partial charge in [-0.05, 0) is 76.3 Å². The summed E-state index contributed by atoms with van der Waals surface area (Å²) in [6, 6.07) is 8.98. The van der Waals surface area contributed by atoms with Crippen molar-refractivity contribution >= 4 is 40.7 Å². The summed E-state index contributed by atoms with van der Waals surface area (Å²) >= 11 is 12.1. The Morgan fingerprint density at radius 3 is 2.43 bits per heavy atom. The van der Waals surface area contributed by atoms with E-state index >= 15 is 0 Å². The monoisotopic (exact) mass is 614 g/mol. The van der Waals surface area contributed by atoms with Crippen molar-refractivity contribution in [2.75, 3.05) is 36.5 Å². The number of aliphatic carboxylic acids is 1. The minimum absolute atomic E-state index is 0.227. The highest BCUT2D eigenvalue weighted by molar-refractivity contribution is 6.35. The van der Waals surface area contributed by atoms with Crippen molar-refractivity contribution in [1.29, 1.82) is 0 Å². The predicted molar refractivity (Wildman–Crippen MR) is 169 cm³/mol. The van der Waals surface area contributed by atoms with E-state index < -0.39 is 17.7 Å². The van der Waals surface area contributed by atoms with Crippen LogP contribution >= 0.6 is 23.2 Å². The molecule has 8 nitrogen and oxygen atoms in total. The van der Waals surface area contributed by atoms with Gasteiger partial charge in [0, 0.05) is 52.9 Å². The predicted octanol–water partition coefficient (Wildman–Crippen LogP) is 7.82. The fourth-order valence-corrected chi connectivity index (χ4v) is 5.45. The molecule has 3 aromatic rings. The van der Waals surface area contributed by atoms with E-state index in [0.29, 0.717) is 46.0 Å². The number of anilines is 2. The summed E-state index contributed by atoms with van der Waals surface area (Å²) < 4.78 is 11.9. The maximum absolute atomic E-state index is 12.6. The van der Waals surface area contributed by atoms with Gasteiger partial charge in [0.05, 0.1) is 22.9 Å². The van der Waals surface area contributed by atoms with Gasteiger partial charge in [-0.2, -0.15) is 0 Å². The average Bonchev–Trinajstić information content (AvgIpc) is 2.91. The van der Waals surface area contributed by atoms with Gasteiger partial charge in [-0.15, -0.1) is 0 Å². The number of nitrogens with zero attached hydrogens (tertiary/aromatic N) is 3. The van der Waals surface area contributed by atoms with Crippen LogP contribution in [-0.4, -0.2) is 52.9 Å². The van der Waals surface area contributed by atoms with Crippen LogP contribution in [0.1, 0.15) is 64.8 Å². The quantitative estimate of drug-likeness (QED) is 0.223. The van der Waals surface area contributed by atoms with Crippen LogP contribution in [0.25, 0.3) is 11.1 Å². The molecule has 1 aliphatic rings. The van der Waals surface area contributed by atoms with Gasteiger partial charge < -0.3 is 24.8 Å². The Balaban J connectivity index is 1.61. The summed E-state index contributed by atoms with van der Waals surface area (Å²) in [7, 11) is 0. The number of ether oxygens (including phenoxy) is 2. The summed E-state index contributed by atoms with van der Waals surface area (Å²) in [5.41, 5.74) is 3.33. The fourth-order valence-electron chi connectivity index (χ4n) is 4.99. The third kappa shape index (κ3) is 8.06. The van der Waals surface area contributed by atoms with Crippen molar-refractivity contribution in [3.8, 4) is 16.9 Å². The second kappa shape index (κ2) is 13.1. The molecular weight excluding hydrogens is 575 g/mol. The molecule has 2 aromatic heterocycles. The molecule has 2 N–H and O–H groups in total. The number of aryl methyl sites for hydroxylation is 1. The number of rotatable bonds is 10. The number of carboxylic acids is 1. The van der Waals surface area contributed by atoms with Gasteiger partial charge in [-0.1, -0.05) is 37.0 Å². The van der Waals surface area contributed by atoms with E-state index in [1.807, 2.05) is 46.0 Å². The number of nitrogens with one attached hydrogen (secondary N) is 1. The van der Waals surface area contributed by atoms with Gasteiger partial charge in [0.2, 0.25) is 0 Å². The molecule has 0 saturated carbocycles. The maximum atomic E-state index is 12.6. The molecule has 1 fully saturated rings. The Kier molecular flexibility index (Phi) is 9.91. The first-order valence-corrected chi connectivity index (χ1v) is 14.9. The first-order valence-electron chi connectivity index (χ1n) is 14.2. The average molecular weight is 616 g/mol. The van der Waals surface area contributed by atoms with Gasteiger partial charge in [0.25, 0.3) is 0 Å². The number of hydrogen-bond donors (Lipinski definition) is 2. The van der Waals surface area contributed by atoms with Crippen molar-refractivity contribution < 1.29 is 19.4 Å². The minimum Gasteiger partial charge on any atom is -0.490 e. The molecule has 0 aliphatic carbocycles. The zero-order valence-corrected chi connectivity index (χ0v) is 26.6. The molecule has 4 rings (SSSR count). The van der Waals surface area contributed by atoms with Crippen LogP contribution in [0.3, 0.4) is 0 Å². The zero-order valence-electron chi connectivity index (χ0n) is 25.1. The Labute approximate surface area is 258 Å². The van der Waals surface area contributed by atoms with E-state index in [4.69, 9.17) is 32.7 Å². The summed E-state index contributed by atoms with van der Waals surface area (Å²) in [6.45, 7) is 14.5. The maximum Gasteiger partial charge on any atom is 0.337 e. The van der Waals surface area contributed by atoms with E-state index in [2.05, 4.69) is 34.0 Å². The van der Waals surface area contributed by atoms with Crippen molar-refractivity contribution in [1.82, 2.24) is 9.97 Å². The lowest BCUT2D eigenvalue weighted by atomic mass is 9.82. The molecule has 0 spiro atoms. The van der Waals surface area contributed by atoms with Gasteiger partial charge in [-0.3, -0.25) is 4.98 Å². The second-order valence-corrected chi connectivity index (χ2v) is 13.2. The number of carboxylic acid groups (broad SMARTS) is 1. The highest BCUT2D eigenvalue weighted by Gasteiger charge is 2.35. The van der Waals surface area contributed by atoms with Crippen LogP contribution in [0.5, 0.6) is 5.75 Å². The van der Waals surface area contributed by atoms with Crippen LogP contribution < -0.4 is 15.0 Å². The number of pyridine rings is 2. The third-order valence-electron chi connectivity index (χ3n) is 7.31. The topological polar surface area (TPSA) is 96.8 Å². The van der Waals surface area contributed by atoms with Gasteiger partial charge in [0.15, 0.2) is 6.10 Å². The van der Waals surface area contributed by atoms with Gasteiger partial charge >= 0.3 is 5.97 Å². The van der Waals surface area contributed by atoms with Gasteiger partial charge in [-0.25, -0.2) is 9.78 Å². The molecule has 0 radical (unpaired) electrons. The van der Waals surface area contributed by atoms with E-state index in [0.717, 1.165) is 42.7 Å². The lowest BCUT2D eigenvalue weighted by Crippen LogP contribution is -2.39. The number of halogens is 2. The first kappa shape index (κ1) is 31.9. The lowest BCUT2D eigenvalue weighted by Gasteiger charge is -2.40. The molecule has 42 heavy (non-hydrogen) atoms. The van der Waals surface area contributed by atoms with Crippen molar-refractivity contribution in [2.24, 2.45) is 5.41 Å². The number of aromatic nitrogens is 2. The molecule has 1 saturated heterocycles. The van der Waals surface area contributed by atoms with Crippen LogP contribution in [0, 0.1) is 12.3 Å². The normalized spacial score (nSPS) is 15.8. The largest absolute Gasteiger partial charge is 0.490 e. The van der Waals surface area contributed by atoms with Crippen molar-refractivity contribution in [3.63, 3.8) is 0 Å². The van der Waals surface area contributed by atoms with E-state index in [-0.39, 0.29) is 5.41 Å². The SMILES string of the molecule is Cc1ncc(-c2ccc(NCCOc3ccc(Cl)cc3Cl)nc2)c(N2CCC(C)(C)CC2)c1[C@H](OC(C)(C)C)C(=O)O. The van der Waals surface area contributed by atoms with Gasteiger partial charge in [0.1, 0.15) is 18.2 Å². The number of hydrogen-bond acceptors (Lipinski definition) is 7. The molecule has 1 aromatic carbocycles. The molecular formula is C32H40Cl2N4O4. The highest BCUT2D eigenvalue weighted by atomic mass is 35.5. The summed E-state index contributed by atoms with van der Waals surface area (Å²) in [5, 5.41) is 14.6. The number of carbonyl (C=O) groups is 1. The van der Waals surface area contributed by atoms with Crippen LogP contribution in [-0.2, 0) is 9.53 Å². The van der Waals surface area contributed by atoms with Crippen LogP contribution in [0.4, 0.5) is 11.5 Å². The Morgan fingerprint density at radius 1 is 1.12 bits per heavy atom. The summed E-state index contributed by atoms with van der Waals surface area (Å²) in [5.74, 6) is 0.216. The van der Waals surface area contributed by atoms with E-state index in [1.54, 1.807) is 24.4 Å². The van der Waals surface area contributed by atoms with E-state index in [1.165, 1.54) is 0 Å². The molecule has 10 heteroatoms. The van der Waals surface area contributed by atoms with Crippen molar-refractivity contribution in [2.45, 2.75) is 66.1 Å². The summed E-state index contributed by atoms with van der Waals surface area (Å²) in [4.78, 5) is 24.2. The molecule has 0 unspecified atom stereocenters. The molecule has 0 amide bonds.